The Hall–Kier alpha value is -0.780. The van der Waals surface area contributed by atoms with Crippen LogP contribution >= 0.6 is 0 Å². The van der Waals surface area contributed by atoms with Crippen molar-refractivity contribution in [2.75, 3.05) is 13.2 Å². The summed E-state index contributed by atoms with van der Waals surface area (Å²) in [5.41, 5.74) is 0.759. The summed E-state index contributed by atoms with van der Waals surface area (Å²) in [5.74, 6) is 0.859. The Kier molecular flexibility index (Phi) is 9.60. The van der Waals surface area contributed by atoms with E-state index in [1.54, 1.807) is 0 Å². The van der Waals surface area contributed by atoms with E-state index in [0.717, 1.165) is 25.7 Å². The molecule has 13 nitrogen and oxygen atoms in total. The van der Waals surface area contributed by atoms with E-state index in [1.165, 1.54) is 12.5 Å². The summed E-state index contributed by atoms with van der Waals surface area (Å²) in [5, 5.41) is 75.0. The number of rotatable bonds is 4. The first kappa shape index (κ1) is 37.2. The van der Waals surface area contributed by atoms with Crippen molar-refractivity contribution in [3.63, 3.8) is 0 Å². The molecule has 0 aromatic rings. The minimum atomic E-state index is -1.62. The van der Waals surface area contributed by atoms with E-state index in [9.17, 15) is 35.7 Å². The Morgan fingerprint density at radius 1 is 0.824 bits per heavy atom. The average Bonchev–Trinajstić information content (AvgIpc) is 3.53. The van der Waals surface area contributed by atoms with Crippen LogP contribution in [0.4, 0.5) is 0 Å². The predicted molar refractivity (Wildman–Crippen MR) is 178 cm³/mol. The monoisotopic (exact) mass is 724 g/mol. The Morgan fingerprint density at radius 3 is 2.33 bits per heavy atom. The van der Waals surface area contributed by atoms with Crippen LogP contribution in [-0.2, 0) is 28.4 Å². The first-order chi connectivity index (χ1) is 24.1. The van der Waals surface area contributed by atoms with Gasteiger partial charge in [-0.2, -0.15) is 0 Å². The zero-order chi connectivity index (χ0) is 36.4. The van der Waals surface area contributed by atoms with E-state index in [4.69, 9.17) is 28.4 Å². The van der Waals surface area contributed by atoms with Crippen LogP contribution in [0.1, 0.15) is 79.6 Å². The lowest BCUT2D eigenvalue weighted by Crippen LogP contribution is -2.63. The van der Waals surface area contributed by atoms with Gasteiger partial charge in [-0.3, -0.25) is 0 Å². The molecule has 0 amide bonds. The summed E-state index contributed by atoms with van der Waals surface area (Å²) >= 11 is 0. The lowest BCUT2D eigenvalue weighted by Gasteiger charge is -2.60. The molecule has 1 spiro atoms. The summed E-state index contributed by atoms with van der Waals surface area (Å²) in [6.45, 7) is 10.8. The van der Waals surface area contributed by atoms with E-state index in [2.05, 4.69) is 26.8 Å². The third kappa shape index (κ3) is 5.66. The summed E-state index contributed by atoms with van der Waals surface area (Å²) < 4.78 is 37.8. The summed E-state index contributed by atoms with van der Waals surface area (Å²) in [6, 6.07) is 0. The maximum atomic E-state index is 11.1. The number of fused-ring (bicyclic) bond motifs is 7. The van der Waals surface area contributed by atoms with Crippen LogP contribution in [0.25, 0.3) is 0 Å². The molecule has 0 unspecified atom stereocenters. The van der Waals surface area contributed by atoms with Gasteiger partial charge in [0.15, 0.2) is 18.4 Å². The molecule has 0 radical (unpaired) electrons. The second kappa shape index (κ2) is 13.2. The maximum absolute atomic E-state index is 11.1. The molecule has 0 aromatic carbocycles. The first-order valence-corrected chi connectivity index (χ1v) is 19.4. The Balaban J connectivity index is 1.04. The molecule has 7 fully saturated rings. The average molecular weight is 725 g/mol. The fourth-order valence-corrected chi connectivity index (χ4v) is 12.4. The molecule has 290 valence electrons. The maximum Gasteiger partial charge on any atom is 0.187 e. The fourth-order valence-electron chi connectivity index (χ4n) is 12.4. The van der Waals surface area contributed by atoms with Gasteiger partial charge in [-0.1, -0.05) is 39.3 Å². The van der Waals surface area contributed by atoms with Crippen molar-refractivity contribution < 1.29 is 64.2 Å². The van der Waals surface area contributed by atoms with Crippen LogP contribution in [0.3, 0.4) is 0 Å². The highest BCUT2D eigenvalue weighted by atomic mass is 16.8. The van der Waals surface area contributed by atoms with E-state index >= 15 is 0 Å². The summed E-state index contributed by atoms with van der Waals surface area (Å²) in [7, 11) is 0. The van der Waals surface area contributed by atoms with Gasteiger partial charge < -0.3 is 64.2 Å². The van der Waals surface area contributed by atoms with Gasteiger partial charge in [0.25, 0.3) is 0 Å². The van der Waals surface area contributed by atoms with Crippen molar-refractivity contribution in [1.29, 1.82) is 0 Å². The highest BCUT2D eigenvalue weighted by Crippen LogP contribution is 2.71. The van der Waals surface area contributed by atoms with Crippen LogP contribution in [0.2, 0.25) is 0 Å². The standard InChI is InChI=1S/C38H60O13/c1-16-14-47-38(13-24(16)40)17(2)28-26(51-38)12-23-21-7-6-19-10-20(39)11-27(37(19,5)22(21)8-9-36(23,28)4)49-35-33(30(43)25(41)15-46-35)50-34-32(45)31(44)29(42)18(3)48-34/h6,16-18,20-35,39-45H,7-15H2,1-5H3/t16-,17-,18-,20+,21+,22-,23-,24-,25+,26-,27+,28-,29-,30+,31-,32-,33+,34-,35+,36-,37-,38+/m0/s1. The van der Waals surface area contributed by atoms with Crippen LogP contribution in [0.15, 0.2) is 11.6 Å². The highest BCUT2D eigenvalue weighted by molar-refractivity contribution is 5.29. The molecule has 0 bridgehead atoms. The van der Waals surface area contributed by atoms with Gasteiger partial charge in [0.05, 0.1) is 43.7 Å². The molecule has 4 saturated heterocycles. The van der Waals surface area contributed by atoms with Crippen molar-refractivity contribution in [1.82, 2.24) is 0 Å². The molecular weight excluding hydrogens is 664 g/mol. The van der Waals surface area contributed by atoms with Crippen molar-refractivity contribution >= 4 is 0 Å². The minimum Gasteiger partial charge on any atom is -0.393 e. The molecule has 7 N–H and O–H groups in total. The highest BCUT2D eigenvalue weighted by Gasteiger charge is 2.70. The molecule has 8 rings (SSSR count). The Morgan fingerprint density at radius 2 is 1.59 bits per heavy atom. The summed E-state index contributed by atoms with van der Waals surface area (Å²) in [4.78, 5) is 0. The van der Waals surface area contributed by atoms with Gasteiger partial charge in [0, 0.05) is 30.1 Å². The Bertz CT molecular complexity index is 1330. The van der Waals surface area contributed by atoms with E-state index in [1.807, 2.05) is 6.92 Å². The number of ether oxygens (including phenoxy) is 6. The van der Waals surface area contributed by atoms with Crippen molar-refractivity contribution in [2.24, 2.45) is 46.3 Å². The lowest BCUT2D eigenvalue weighted by molar-refractivity contribution is -0.362. The van der Waals surface area contributed by atoms with Gasteiger partial charge in [-0.15, -0.1) is 0 Å². The van der Waals surface area contributed by atoms with Gasteiger partial charge >= 0.3 is 0 Å². The van der Waals surface area contributed by atoms with Crippen molar-refractivity contribution in [2.45, 2.75) is 165 Å². The largest absolute Gasteiger partial charge is 0.393 e. The summed E-state index contributed by atoms with van der Waals surface area (Å²) in [6.07, 6.45) is -5.94. The minimum absolute atomic E-state index is 0.0418. The van der Waals surface area contributed by atoms with Gasteiger partial charge in [-0.25, -0.2) is 0 Å². The molecular formula is C38H60O13. The van der Waals surface area contributed by atoms with E-state index in [-0.39, 0.29) is 35.9 Å². The molecule has 13 heteroatoms. The molecule has 3 saturated carbocycles. The van der Waals surface area contributed by atoms with Gasteiger partial charge in [0.2, 0.25) is 0 Å². The second-order valence-electron chi connectivity index (χ2n) is 18.0. The third-order valence-electron chi connectivity index (χ3n) is 15.4. The van der Waals surface area contributed by atoms with Crippen LogP contribution in [-0.4, -0.2) is 134 Å². The van der Waals surface area contributed by atoms with Gasteiger partial charge in [-0.05, 0) is 68.1 Å². The number of hydrogen-bond acceptors (Lipinski definition) is 13. The van der Waals surface area contributed by atoms with Gasteiger partial charge in [0.1, 0.15) is 36.6 Å². The molecule has 0 aromatic heterocycles. The quantitative estimate of drug-likeness (QED) is 0.203. The zero-order valence-corrected chi connectivity index (χ0v) is 30.5. The number of allylic oxidation sites excluding steroid dienone is 1. The molecule has 4 aliphatic heterocycles. The third-order valence-corrected chi connectivity index (χ3v) is 15.4. The number of hydrogen-bond donors (Lipinski definition) is 7. The fraction of sp³-hybridized carbons (Fsp3) is 0.947. The number of aliphatic hydroxyl groups is 7. The van der Waals surface area contributed by atoms with Crippen molar-refractivity contribution in [3.8, 4) is 0 Å². The SMILES string of the molecule is C[C@@H]1O[C@@H](O[C@H]2[C@@H](O[C@@H]3C[C@H](O)CC4=CC[C@H]5[C@@H]6C[C@@H]7O[C@]8(C[C@H](O)[C@@H](C)CO8)[C@@H](C)[C@@H]7[C@@]6(C)CC[C@@H]5[C@]43C)OC[C@@H](O)[C@H]2O)[C@@H](O)[C@@H](O)[C@H]1O. The normalized spacial score (nSPS) is 59.8. The second-order valence-corrected chi connectivity index (χ2v) is 18.0. The number of aliphatic hydroxyl groups excluding tert-OH is 7. The molecule has 22 atom stereocenters. The van der Waals surface area contributed by atoms with Crippen molar-refractivity contribution in [3.05, 3.63) is 11.6 Å². The topological polar surface area (TPSA) is 197 Å². The molecule has 4 heterocycles. The molecule has 51 heavy (non-hydrogen) atoms. The Labute approximate surface area is 300 Å². The molecule has 8 aliphatic rings. The smallest absolute Gasteiger partial charge is 0.187 e. The molecule has 4 aliphatic carbocycles. The van der Waals surface area contributed by atoms with Crippen LogP contribution in [0.5, 0.6) is 0 Å². The first-order valence-electron chi connectivity index (χ1n) is 19.4. The van der Waals surface area contributed by atoms with E-state index in [0.29, 0.717) is 43.6 Å². The van der Waals surface area contributed by atoms with Crippen LogP contribution < -0.4 is 0 Å². The predicted octanol–water partition coefficient (Wildman–Crippen LogP) is 0.971. The van der Waals surface area contributed by atoms with Crippen LogP contribution in [0, 0.1) is 46.3 Å². The zero-order valence-electron chi connectivity index (χ0n) is 30.5. The van der Waals surface area contributed by atoms with E-state index < -0.39 is 84.8 Å². The lowest BCUT2D eigenvalue weighted by atomic mass is 9.46.